The number of benzene rings is 1. The number of thiazole rings is 1. The van der Waals surface area contributed by atoms with Gasteiger partial charge in [-0.3, -0.25) is 4.79 Å². The molecule has 2 heterocycles. The van der Waals surface area contributed by atoms with Crippen molar-refractivity contribution >= 4 is 27.9 Å². The molecule has 6 nitrogen and oxygen atoms in total. The van der Waals surface area contributed by atoms with Crippen molar-refractivity contribution < 1.29 is 9.53 Å². The van der Waals surface area contributed by atoms with Crippen LogP contribution in [0.15, 0.2) is 47.9 Å². The van der Waals surface area contributed by atoms with Gasteiger partial charge >= 0.3 is 0 Å². The van der Waals surface area contributed by atoms with E-state index in [0.29, 0.717) is 17.7 Å². The number of carbonyl (C=O) groups is 1. The largest absolute Gasteiger partial charge is 0.494 e. The lowest BCUT2D eigenvalue weighted by Crippen LogP contribution is -2.43. The zero-order valence-corrected chi connectivity index (χ0v) is 21.5. The average molecular weight is 483 g/mol. The molecule has 1 unspecified atom stereocenters. The van der Waals surface area contributed by atoms with E-state index in [1.807, 2.05) is 36.6 Å². The molecule has 184 valence electrons. The molecule has 1 fully saturated rings. The van der Waals surface area contributed by atoms with Crippen LogP contribution < -0.4 is 15.4 Å². The molecule has 1 aromatic heterocycles. The molecule has 0 bridgehead atoms. The van der Waals surface area contributed by atoms with E-state index in [2.05, 4.69) is 52.6 Å². The fourth-order valence-corrected chi connectivity index (χ4v) is 4.44. The summed E-state index contributed by atoms with van der Waals surface area (Å²) in [6, 6.07) is 7.80. The van der Waals surface area contributed by atoms with Gasteiger partial charge in [0.25, 0.3) is 0 Å². The number of allylic oxidation sites excluding steroid dienone is 4. The van der Waals surface area contributed by atoms with Crippen LogP contribution in [0.5, 0.6) is 5.75 Å². The van der Waals surface area contributed by atoms with Crippen molar-refractivity contribution in [2.24, 2.45) is 5.92 Å². The fourth-order valence-electron chi connectivity index (χ4n) is 3.70. The molecule has 0 spiro atoms. The molecule has 1 aliphatic heterocycles. The maximum atomic E-state index is 12.6. The molecule has 1 amide bonds. The number of anilines is 1. The summed E-state index contributed by atoms with van der Waals surface area (Å²) in [7, 11) is 0. The number of nitrogens with zero attached hydrogens (tertiary/aromatic N) is 2. The smallest absolute Gasteiger partial charge is 0.230 e. The molecular weight excluding hydrogens is 444 g/mol. The maximum absolute atomic E-state index is 12.6. The van der Waals surface area contributed by atoms with E-state index in [-0.39, 0.29) is 12.3 Å². The van der Waals surface area contributed by atoms with Crippen LogP contribution >= 0.6 is 11.3 Å². The normalized spacial score (nSPS) is 16.0. The van der Waals surface area contributed by atoms with Gasteiger partial charge in [-0.2, -0.15) is 0 Å². The highest BCUT2D eigenvalue weighted by atomic mass is 32.1. The third-order valence-corrected chi connectivity index (χ3v) is 6.72. The second-order valence-electron chi connectivity index (χ2n) is 8.69. The van der Waals surface area contributed by atoms with Crippen molar-refractivity contribution in [1.82, 2.24) is 15.2 Å². The Balaban J connectivity index is 1.46. The van der Waals surface area contributed by atoms with Crippen molar-refractivity contribution in [3.05, 3.63) is 59.1 Å². The molecule has 2 N–H and O–H groups in total. The lowest BCUT2D eigenvalue weighted by molar-refractivity contribution is -0.115. The third-order valence-electron chi connectivity index (χ3n) is 5.97. The van der Waals surface area contributed by atoms with E-state index in [9.17, 15) is 4.79 Å². The number of aromatic nitrogens is 1. The number of piperazine rings is 1. The molecule has 7 heteroatoms. The molecule has 1 atom stereocenters. The predicted molar refractivity (Wildman–Crippen MR) is 143 cm³/mol. The summed E-state index contributed by atoms with van der Waals surface area (Å²) in [4.78, 5) is 19.7. The first-order chi connectivity index (χ1) is 16.6. The lowest BCUT2D eigenvalue weighted by atomic mass is 10.1. The Morgan fingerprint density at radius 2 is 2.18 bits per heavy atom. The van der Waals surface area contributed by atoms with Crippen LogP contribution in [0.3, 0.4) is 0 Å². The van der Waals surface area contributed by atoms with Crippen LogP contribution in [0, 0.1) is 5.92 Å². The second kappa shape index (κ2) is 14.0. The van der Waals surface area contributed by atoms with Gasteiger partial charge in [0, 0.05) is 38.1 Å². The SMILES string of the molecule is C/C=C(\C=C/C(C)CC)c1csc(NC(=O)Cc2cccc(OCCCN3CCNCC3)c2)n1. The van der Waals surface area contributed by atoms with E-state index in [0.717, 1.165) is 68.1 Å². The van der Waals surface area contributed by atoms with Gasteiger partial charge in [-0.25, -0.2) is 4.98 Å². The van der Waals surface area contributed by atoms with Gasteiger partial charge in [-0.15, -0.1) is 11.3 Å². The Kier molecular flexibility index (Phi) is 10.8. The first-order valence-electron chi connectivity index (χ1n) is 12.3. The van der Waals surface area contributed by atoms with Crippen LogP contribution in [0.2, 0.25) is 0 Å². The van der Waals surface area contributed by atoms with Gasteiger partial charge in [0.15, 0.2) is 5.13 Å². The van der Waals surface area contributed by atoms with E-state index in [4.69, 9.17) is 4.74 Å². The van der Waals surface area contributed by atoms with Crippen molar-refractivity contribution in [1.29, 1.82) is 0 Å². The van der Waals surface area contributed by atoms with Crippen molar-refractivity contribution in [3.63, 3.8) is 0 Å². The third kappa shape index (κ3) is 8.70. The molecule has 2 aromatic rings. The van der Waals surface area contributed by atoms with Crippen LogP contribution in [-0.2, 0) is 11.2 Å². The summed E-state index contributed by atoms with van der Waals surface area (Å²) in [6.07, 6.45) is 8.76. The molecule has 1 aromatic carbocycles. The number of nitrogens with one attached hydrogen (secondary N) is 2. The standard InChI is InChI=1S/C27H38N4O2S/c1-4-21(3)10-11-23(5-2)25-20-34-27(29-25)30-26(32)19-22-8-6-9-24(18-22)33-17-7-14-31-15-12-28-13-16-31/h5-6,8-11,18,20-21,28H,4,7,12-17,19H2,1-3H3,(H,29,30,32)/b11-10-,23-5+. The summed E-state index contributed by atoms with van der Waals surface area (Å²) in [5.41, 5.74) is 2.89. The zero-order valence-electron chi connectivity index (χ0n) is 20.7. The average Bonchev–Trinajstić information content (AvgIpc) is 3.31. The minimum absolute atomic E-state index is 0.0751. The highest BCUT2D eigenvalue weighted by Gasteiger charge is 2.11. The quantitative estimate of drug-likeness (QED) is 0.329. The van der Waals surface area contributed by atoms with E-state index in [1.165, 1.54) is 11.3 Å². The van der Waals surface area contributed by atoms with Gasteiger partial charge in [-0.1, -0.05) is 50.6 Å². The number of carbonyl (C=O) groups excluding carboxylic acids is 1. The Labute approximate surface area is 208 Å². The minimum atomic E-state index is -0.0751. The number of amides is 1. The first-order valence-corrected chi connectivity index (χ1v) is 13.2. The first kappa shape index (κ1) is 26.1. The number of hydrogen-bond acceptors (Lipinski definition) is 6. The minimum Gasteiger partial charge on any atom is -0.494 e. The number of hydrogen-bond donors (Lipinski definition) is 2. The molecule has 1 aliphatic rings. The molecule has 0 radical (unpaired) electrons. The summed E-state index contributed by atoms with van der Waals surface area (Å²) in [5, 5.41) is 8.92. The van der Waals surface area contributed by atoms with Gasteiger partial charge in [0.05, 0.1) is 18.7 Å². The fraction of sp³-hybridized carbons (Fsp3) is 0.481. The Morgan fingerprint density at radius 3 is 2.94 bits per heavy atom. The van der Waals surface area contributed by atoms with Gasteiger partial charge in [-0.05, 0) is 42.5 Å². The Morgan fingerprint density at radius 1 is 1.35 bits per heavy atom. The Bertz CT molecular complexity index is 963. The molecule has 1 saturated heterocycles. The van der Waals surface area contributed by atoms with Gasteiger partial charge < -0.3 is 20.3 Å². The summed E-state index contributed by atoms with van der Waals surface area (Å²) >= 11 is 1.45. The van der Waals surface area contributed by atoms with E-state index >= 15 is 0 Å². The van der Waals surface area contributed by atoms with Crippen molar-refractivity contribution in [2.75, 3.05) is 44.6 Å². The van der Waals surface area contributed by atoms with E-state index in [1.54, 1.807) is 0 Å². The van der Waals surface area contributed by atoms with Crippen LogP contribution in [0.1, 0.15) is 44.9 Å². The summed E-state index contributed by atoms with van der Waals surface area (Å²) < 4.78 is 5.93. The van der Waals surface area contributed by atoms with Crippen molar-refractivity contribution in [3.8, 4) is 5.75 Å². The van der Waals surface area contributed by atoms with Crippen LogP contribution in [0.4, 0.5) is 5.13 Å². The monoisotopic (exact) mass is 482 g/mol. The molecule has 0 aliphatic carbocycles. The Hall–Kier alpha value is -2.48. The second-order valence-corrected chi connectivity index (χ2v) is 9.55. The zero-order chi connectivity index (χ0) is 24.2. The number of rotatable bonds is 12. The van der Waals surface area contributed by atoms with Crippen molar-refractivity contribution in [2.45, 2.75) is 40.0 Å². The number of ether oxygens (including phenoxy) is 1. The van der Waals surface area contributed by atoms with E-state index < -0.39 is 0 Å². The van der Waals surface area contributed by atoms with Crippen LogP contribution in [0.25, 0.3) is 5.57 Å². The topological polar surface area (TPSA) is 66.5 Å². The summed E-state index contributed by atoms with van der Waals surface area (Å²) in [5.74, 6) is 1.27. The highest BCUT2D eigenvalue weighted by molar-refractivity contribution is 7.14. The maximum Gasteiger partial charge on any atom is 0.230 e. The van der Waals surface area contributed by atoms with Gasteiger partial charge in [0.2, 0.25) is 5.91 Å². The molecule has 34 heavy (non-hydrogen) atoms. The molecular formula is C27H38N4O2S. The predicted octanol–water partition coefficient (Wildman–Crippen LogP) is 5.00. The van der Waals surface area contributed by atoms with Crippen LogP contribution in [-0.4, -0.2) is 55.1 Å². The molecule has 0 saturated carbocycles. The highest BCUT2D eigenvalue weighted by Crippen LogP contribution is 2.23. The summed E-state index contributed by atoms with van der Waals surface area (Å²) in [6.45, 7) is 12.5. The lowest BCUT2D eigenvalue weighted by Gasteiger charge is -2.26. The van der Waals surface area contributed by atoms with Gasteiger partial charge in [0.1, 0.15) is 5.75 Å². The molecule has 3 rings (SSSR count).